The van der Waals surface area contributed by atoms with Crippen molar-refractivity contribution in [3.05, 3.63) is 71.9 Å². The van der Waals surface area contributed by atoms with E-state index in [4.69, 9.17) is 4.42 Å². The van der Waals surface area contributed by atoms with Crippen LogP contribution >= 0.6 is 0 Å². The van der Waals surface area contributed by atoms with Crippen molar-refractivity contribution < 1.29 is 27.1 Å². The number of benzene rings is 1. The second kappa shape index (κ2) is 6.68. The second-order valence-corrected chi connectivity index (χ2v) is 4.91. The molecule has 2 heterocycles. The normalized spacial score (nSPS) is 11.8. The van der Waals surface area contributed by atoms with E-state index in [1.54, 1.807) is 30.4 Å². The highest BCUT2D eigenvalue weighted by Gasteiger charge is 2.31. The highest BCUT2D eigenvalue weighted by atomic mass is 19.4. The van der Waals surface area contributed by atoms with Crippen molar-refractivity contribution in [3.63, 3.8) is 0 Å². The molecule has 128 valence electrons. The van der Waals surface area contributed by atoms with Crippen molar-refractivity contribution in [1.29, 1.82) is 0 Å². The van der Waals surface area contributed by atoms with E-state index in [1.807, 2.05) is 0 Å². The predicted molar refractivity (Wildman–Crippen MR) is 82.7 cm³/mol. The minimum atomic E-state index is -4.82. The third-order valence-corrected chi connectivity index (χ3v) is 3.09. The summed E-state index contributed by atoms with van der Waals surface area (Å²) in [6.07, 6.45) is 1.44. The summed E-state index contributed by atoms with van der Waals surface area (Å²) in [5.74, 6) is -0.424. The number of ether oxygens (including phenoxy) is 1. The zero-order valence-corrected chi connectivity index (χ0v) is 12.6. The number of carbonyl (C=O) groups excluding carboxylic acids is 1. The van der Waals surface area contributed by atoms with Gasteiger partial charge in [0.2, 0.25) is 0 Å². The molecule has 0 amide bonds. The molecule has 0 spiro atoms. The lowest BCUT2D eigenvalue weighted by atomic mass is 10.2. The molecule has 0 aliphatic rings. The van der Waals surface area contributed by atoms with Crippen LogP contribution < -0.4 is 4.74 Å². The van der Waals surface area contributed by atoms with E-state index in [2.05, 4.69) is 9.84 Å². The molecule has 1 aromatic carbocycles. The highest BCUT2D eigenvalue weighted by Crippen LogP contribution is 2.23. The standard InChI is InChI=1S/C17H11F3N2O3/c18-17(19,20)25-15-4-1-3-12(11-15)16(23)22-9-8-13(21-22)6-7-14-5-2-10-24-14/h1-11H/b7-6+. The number of furan rings is 1. The molecule has 0 saturated heterocycles. The van der Waals surface area contributed by atoms with Gasteiger partial charge in [0.1, 0.15) is 11.5 Å². The summed E-state index contributed by atoms with van der Waals surface area (Å²) in [6.45, 7) is 0. The minimum Gasteiger partial charge on any atom is -0.465 e. The summed E-state index contributed by atoms with van der Waals surface area (Å²) >= 11 is 0. The molecule has 0 aliphatic carbocycles. The maximum absolute atomic E-state index is 12.3. The molecule has 0 bridgehead atoms. The molecular formula is C17H11F3N2O3. The van der Waals surface area contributed by atoms with Gasteiger partial charge in [-0.15, -0.1) is 13.2 Å². The van der Waals surface area contributed by atoms with Crippen LogP contribution in [0.3, 0.4) is 0 Å². The van der Waals surface area contributed by atoms with Crippen LogP contribution in [0.2, 0.25) is 0 Å². The molecule has 0 atom stereocenters. The van der Waals surface area contributed by atoms with Crippen molar-refractivity contribution in [1.82, 2.24) is 9.78 Å². The van der Waals surface area contributed by atoms with Gasteiger partial charge in [-0.2, -0.15) is 5.10 Å². The van der Waals surface area contributed by atoms with E-state index in [0.29, 0.717) is 11.5 Å². The Morgan fingerprint density at radius 2 is 2.00 bits per heavy atom. The molecule has 2 aromatic heterocycles. The number of hydrogen-bond acceptors (Lipinski definition) is 4. The van der Waals surface area contributed by atoms with Crippen LogP contribution in [0.25, 0.3) is 12.2 Å². The largest absolute Gasteiger partial charge is 0.573 e. The fourth-order valence-electron chi connectivity index (χ4n) is 2.05. The lowest BCUT2D eigenvalue weighted by Gasteiger charge is -2.09. The lowest BCUT2D eigenvalue weighted by molar-refractivity contribution is -0.274. The van der Waals surface area contributed by atoms with E-state index in [-0.39, 0.29) is 5.56 Å². The number of carbonyl (C=O) groups is 1. The number of hydrogen-bond donors (Lipinski definition) is 0. The van der Waals surface area contributed by atoms with Crippen LogP contribution in [0.1, 0.15) is 21.8 Å². The molecule has 3 rings (SSSR count). The number of alkyl halides is 3. The van der Waals surface area contributed by atoms with Gasteiger partial charge in [-0.05, 0) is 48.6 Å². The highest BCUT2D eigenvalue weighted by molar-refractivity contribution is 5.95. The van der Waals surface area contributed by atoms with Crippen molar-refractivity contribution in [2.75, 3.05) is 0 Å². The average Bonchev–Trinajstić information content (AvgIpc) is 3.22. The third kappa shape index (κ3) is 4.37. The summed E-state index contributed by atoms with van der Waals surface area (Å²) < 4.78 is 46.8. The van der Waals surface area contributed by atoms with Crippen LogP contribution in [0.5, 0.6) is 5.75 Å². The molecule has 0 saturated carbocycles. The molecular weight excluding hydrogens is 337 g/mol. The number of aromatic nitrogens is 2. The third-order valence-electron chi connectivity index (χ3n) is 3.09. The smallest absolute Gasteiger partial charge is 0.465 e. The molecule has 0 aliphatic heterocycles. The molecule has 5 nitrogen and oxygen atoms in total. The fraction of sp³-hybridized carbons (Fsp3) is 0.0588. The van der Waals surface area contributed by atoms with Gasteiger partial charge in [0.15, 0.2) is 0 Å². The Kier molecular flexibility index (Phi) is 4.42. The van der Waals surface area contributed by atoms with Crippen molar-refractivity contribution in [3.8, 4) is 5.75 Å². The monoisotopic (exact) mass is 348 g/mol. The van der Waals surface area contributed by atoms with Gasteiger partial charge in [0, 0.05) is 11.8 Å². The average molecular weight is 348 g/mol. The Morgan fingerprint density at radius 3 is 2.72 bits per heavy atom. The van der Waals surface area contributed by atoms with Gasteiger partial charge in [0.05, 0.1) is 12.0 Å². The first kappa shape index (κ1) is 16.6. The summed E-state index contributed by atoms with van der Waals surface area (Å²) in [7, 11) is 0. The SMILES string of the molecule is O=C(c1cccc(OC(F)(F)F)c1)n1ccc(/C=C/c2ccco2)n1. The lowest BCUT2D eigenvalue weighted by Crippen LogP contribution is -2.18. The van der Waals surface area contributed by atoms with Crippen LogP contribution in [-0.4, -0.2) is 22.1 Å². The zero-order valence-electron chi connectivity index (χ0n) is 12.6. The number of rotatable bonds is 4. The topological polar surface area (TPSA) is 57.3 Å². The van der Waals surface area contributed by atoms with Gasteiger partial charge >= 0.3 is 6.36 Å². The van der Waals surface area contributed by atoms with Crippen molar-refractivity contribution >= 4 is 18.1 Å². The summed E-state index contributed by atoms with van der Waals surface area (Å²) in [6, 6.07) is 9.89. The first-order valence-electron chi connectivity index (χ1n) is 7.08. The van der Waals surface area contributed by atoms with Gasteiger partial charge in [-0.1, -0.05) is 6.07 Å². The first-order chi connectivity index (χ1) is 11.9. The van der Waals surface area contributed by atoms with Crippen LogP contribution in [-0.2, 0) is 0 Å². The Morgan fingerprint density at radius 1 is 1.16 bits per heavy atom. The van der Waals surface area contributed by atoms with Crippen molar-refractivity contribution in [2.45, 2.75) is 6.36 Å². The van der Waals surface area contributed by atoms with E-state index >= 15 is 0 Å². The van der Waals surface area contributed by atoms with Crippen LogP contribution in [0.4, 0.5) is 13.2 Å². The maximum atomic E-state index is 12.3. The second-order valence-electron chi connectivity index (χ2n) is 4.91. The first-order valence-corrected chi connectivity index (χ1v) is 7.08. The molecule has 0 unspecified atom stereocenters. The summed E-state index contributed by atoms with van der Waals surface area (Å²) in [4.78, 5) is 12.3. The van der Waals surface area contributed by atoms with Gasteiger partial charge in [-0.25, -0.2) is 4.68 Å². The Hall–Kier alpha value is -3.29. The predicted octanol–water partition coefficient (Wildman–Crippen LogP) is 4.23. The van der Waals surface area contributed by atoms with E-state index in [0.717, 1.165) is 16.8 Å². The molecule has 0 N–H and O–H groups in total. The van der Waals surface area contributed by atoms with Crippen LogP contribution in [0, 0.1) is 0 Å². The Balaban J connectivity index is 1.76. The maximum Gasteiger partial charge on any atom is 0.573 e. The van der Waals surface area contributed by atoms with Crippen LogP contribution in [0.15, 0.2) is 59.3 Å². The quantitative estimate of drug-likeness (QED) is 0.708. The Bertz CT molecular complexity index is 896. The van der Waals surface area contributed by atoms with Gasteiger partial charge in [-0.3, -0.25) is 4.79 Å². The van der Waals surface area contributed by atoms with E-state index in [9.17, 15) is 18.0 Å². The molecule has 0 radical (unpaired) electrons. The zero-order chi connectivity index (χ0) is 17.9. The fourth-order valence-corrected chi connectivity index (χ4v) is 2.05. The molecule has 3 aromatic rings. The summed E-state index contributed by atoms with van der Waals surface area (Å²) in [5, 5.41) is 4.07. The molecule has 8 heteroatoms. The van der Waals surface area contributed by atoms with Gasteiger partial charge < -0.3 is 9.15 Å². The molecule has 25 heavy (non-hydrogen) atoms. The number of halogens is 3. The Labute approximate surface area is 139 Å². The van der Waals surface area contributed by atoms with E-state index in [1.165, 1.54) is 24.6 Å². The van der Waals surface area contributed by atoms with E-state index < -0.39 is 18.0 Å². The van der Waals surface area contributed by atoms with Crippen molar-refractivity contribution in [2.24, 2.45) is 0 Å². The minimum absolute atomic E-state index is 0.0198. The number of nitrogens with zero attached hydrogens (tertiary/aromatic N) is 2. The van der Waals surface area contributed by atoms with Gasteiger partial charge in [0.25, 0.3) is 5.91 Å². The molecule has 0 fully saturated rings. The summed E-state index contributed by atoms with van der Waals surface area (Å²) in [5.41, 5.74) is 0.513.